The molecule has 1 aromatic heterocycles. The molecule has 1 atom stereocenters. The highest BCUT2D eigenvalue weighted by Gasteiger charge is 2.28. The van der Waals surface area contributed by atoms with E-state index in [9.17, 15) is 9.59 Å². The lowest BCUT2D eigenvalue weighted by Gasteiger charge is -2.30. The smallest absolute Gasteiger partial charge is 0.334 e. The van der Waals surface area contributed by atoms with Gasteiger partial charge in [0, 0.05) is 19.5 Å². The molecular weight excluding hydrogens is 252 g/mol. The standard InChI is InChI=1S/C12H16N2O5/c15-11(16)10-8-14(5-7-19-10)12(17)13-4-3-9-2-1-6-18-9/h1-2,6,10H,3-5,7-8H2,(H,13,17)(H,15,16). The molecule has 0 bridgehead atoms. The van der Waals surface area contributed by atoms with Crippen LogP contribution in [0.25, 0.3) is 0 Å². The highest BCUT2D eigenvalue weighted by Crippen LogP contribution is 2.06. The first-order chi connectivity index (χ1) is 9.16. The zero-order valence-corrected chi connectivity index (χ0v) is 10.4. The zero-order chi connectivity index (χ0) is 13.7. The summed E-state index contributed by atoms with van der Waals surface area (Å²) in [6.07, 6.45) is 1.24. The Bertz CT molecular complexity index is 431. The molecule has 1 saturated heterocycles. The molecule has 0 spiro atoms. The van der Waals surface area contributed by atoms with Crippen molar-refractivity contribution >= 4 is 12.0 Å². The number of carbonyl (C=O) groups is 2. The molecule has 0 aliphatic carbocycles. The Kier molecular flexibility index (Phi) is 4.40. The fraction of sp³-hybridized carbons (Fsp3) is 0.500. The number of carboxylic acids is 1. The summed E-state index contributed by atoms with van der Waals surface area (Å²) in [6.45, 7) is 1.16. The fourth-order valence-electron chi connectivity index (χ4n) is 1.84. The fourth-order valence-corrected chi connectivity index (χ4v) is 1.84. The molecule has 2 N–H and O–H groups in total. The number of rotatable bonds is 4. The van der Waals surface area contributed by atoms with E-state index >= 15 is 0 Å². The normalized spacial score (nSPS) is 19.2. The summed E-state index contributed by atoms with van der Waals surface area (Å²) in [7, 11) is 0. The Balaban J connectivity index is 1.74. The van der Waals surface area contributed by atoms with Gasteiger partial charge in [0.05, 0.1) is 19.4 Å². The number of urea groups is 1. The Labute approximate surface area is 110 Å². The van der Waals surface area contributed by atoms with Crippen LogP contribution in [-0.2, 0) is 16.0 Å². The minimum Gasteiger partial charge on any atom is -0.479 e. The van der Waals surface area contributed by atoms with Crippen LogP contribution in [0.1, 0.15) is 5.76 Å². The molecule has 1 fully saturated rings. The van der Waals surface area contributed by atoms with Crippen molar-refractivity contribution in [1.82, 2.24) is 10.2 Å². The average Bonchev–Trinajstić information content (AvgIpc) is 2.92. The Morgan fingerprint density at radius 2 is 2.37 bits per heavy atom. The van der Waals surface area contributed by atoms with Crippen molar-refractivity contribution in [2.45, 2.75) is 12.5 Å². The van der Waals surface area contributed by atoms with Crippen molar-refractivity contribution in [2.75, 3.05) is 26.2 Å². The molecule has 1 aliphatic rings. The number of amides is 2. The Hall–Kier alpha value is -2.02. The lowest BCUT2D eigenvalue weighted by molar-refractivity contribution is -0.154. The number of ether oxygens (including phenoxy) is 1. The number of aliphatic carboxylic acids is 1. The number of carbonyl (C=O) groups excluding carboxylic acids is 1. The number of hydrogen-bond donors (Lipinski definition) is 2. The maximum atomic E-state index is 11.8. The molecule has 0 saturated carbocycles. The SMILES string of the molecule is O=C(O)C1CN(C(=O)NCCc2ccco2)CCO1. The third-order valence-electron chi connectivity index (χ3n) is 2.86. The Morgan fingerprint density at radius 1 is 1.53 bits per heavy atom. The molecule has 1 aromatic rings. The topological polar surface area (TPSA) is 92.0 Å². The molecule has 2 amide bonds. The second-order valence-corrected chi connectivity index (χ2v) is 4.20. The van der Waals surface area contributed by atoms with Crippen molar-refractivity contribution < 1.29 is 23.8 Å². The van der Waals surface area contributed by atoms with E-state index in [1.54, 1.807) is 12.3 Å². The van der Waals surface area contributed by atoms with Gasteiger partial charge in [-0.05, 0) is 12.1 Å². The van der Waals surface area contributed by atoms with Crippen LogP contribution in [0.4, 0.5) is 4.79 Å². The molecular formula is C12H16N2O5. The summed E-state index contributed by atoms with van der Waals surface area (Å²) in [4.78, 5) is 24.1. The van der Waals surface area contributed by atoms with Crippen molar-refractivity contribution in [3.05, 3.63) is 24.2 Å². The van der Waals surface area contributed by atoms with Crippen LogP contribution in [0, 0.1) is 0 Å². The van der Waals surface area contributed by atoms with E-state index in [0.29, 0.717) is 19.5 Å². The second kappa shape index (κ2) is 6.24. The minimum absolute atomic E-state index is 0.0713. The predicted octanol–water partition coefficient (Wildman–Crippen LogP) is 0.317. The number of nitrogens with zero attached hydrogens (tertiary/aromatic N) is 1. The first-order valence-corrected chi connectivity index (χ1v) is 6.06. The lowest BCUT2D eigenvalue weighted by Crippen LogP contribution is -2.52. The van der Waals surface area contributed by atoms with Gasteiger partial charge in [-0.25, -0.2) is 9.59 Å². The van der Waals surface area contributed by atoms with Gasteiger partial charge in [-0.2, -0.15) is 0 Å². The summed E-state index contributed by atoms with van der Waals surface area (Å²) in [5.41, 5.74) is 0. The second-order valence-electron chi connectivity index (χ2n) is 4.20. The van der Waals surface area contributed by atoms with Crippen LogP contribution >= 0.6 is 0 Å². The maximum Gasteiger partial charge on any atom is 0.334 e. The summed E-state index contributed by atoms with van der Waals surface area (Å²) in [6, 6.07) is 3.35. The van der Waals surface area contributed by atoms with E-state index in [-0.39, 0.29) is 19.2 Å². The van der Waals surface area contributed by atoms with Gasteiger partial charge in [0.25, 0.3) is 0 Å². The largest absolute Gasteiger partial charge is 0.479 e. The van der Waals surface area contributed by atoms with E-state index < -0.39 is 12.1 Å². The number of carboxylic acid groups (broad SMARTS) is 1. The third-order valence-corrected chi connectivity index (χ3v) is 2.86. The first kappa shape index (κ1) is 13.4. The minimum atomic E-state index is -1.05. The van der Waals surface area contributed by atoms with Crippen LogP contribution < -0.4 is 5.32 Å². The molecule has 0 radical (unpaired) electrons. The molecule has 2 rings (SSSR count). The van der Waals surface area contributed by atoms with Crippen LogP contribution in [-0.4, -0.2) is 54.4 Å². The summed E-state index contributed by atoms with van der Waals surface area (Å²) in [5.74, 6) is -0.251. The van der Waals surface area contributed by atoms with E-state index in [4.69, 9.17) is 14.3 Å². The number of furan rings is 1. The van der Waals surface area contributed by atoms with Gasteiger partial charge >= 0.3 is 12.0 Å². The van der Waals surface area contributed by atoms with Gasteiger partial charge in [-0.1, -0.05) is 0 Å². The lowest BCUT2D eigenvalue weighted by atomic mass is 10.3. The molecule has 2 heterocycles. The van der Waals surface area contributed by atoms with E-state index in [2.05, 4.69) is 5.32 Å². The van der Waals surface area contributed by atoms with E-state index in [0.717, 1.165) is 5.76 Å². The monoisotopic (exact) mass is 268 g/mol. The van der Waals surface area contributed by atoms with Crippen molar-refractivity contribution in [2.24, 2.45) is 0 Å². The van der Waals surface area contributed by atoms with Crippen LogP contribution in [0.15, 0.2) is 22.8 Å². The van der Waals surface area contributed by atoms with Gasteiger partial charge in [-0.3, -0.25) is 0 Å². The number of hydrogen-bond acceptors (Lipinski definition) is 4. The van der Waals surface area contributed by atoms with Crippen molar-refractivity contribution in [3.8, 4) is 0 Å². The summed E-state index contributed by atoms with van der Waals surface area (Å²) in [5, 5.41) is 11.6. The van der Waals surface area contributed by atoms with Gasteiger partial charge in [0.1, 0.15) is 5.76 Å². The molecule has 7 heteroatoms. The summed E-state index contributed by atoms with van der Waals surface area (Å²) >= 11 is 0. The third kappa shape index (κ3) is 3.72. The maximum absolute atomic E-state index is 11.8. The molecule has 0 aromatic carbocycles. The Morgan fingerprint density at radius 3 is 3.05 bits per heavy atom. The van der Waals surface area contributed by atoms with Crippen LogP contribution in [0.2, 0.25) is 0 Å². The zero-order valence-electron chi connectivity index (χ0n) is 10.4. The number of morpholine rings is 1. The quantitative estimate of drug-likeness (QED) is 0.820. The van der Waals surface area contributed by atoms with Crippen molar-refractivity contribution in [3.63, 3.8) is 0 Å². The van der Waals surface area contributed by atoms with Gasteiger partial charge in [0.2, 0.25) is 0 Å². The van der Waals surface area contributed by atoms with Gasteiger partial charge in [0.15, 0.2) is 6.10 Å². The molecule has 1 aliphatic heterocycles. The van der Waals surface area contributed by atoms with E-state index in [1.807, 2.05) is 6.07 Å². The summed E-state index contributed by atoms with van der Waals surface area (Å²) < 4.78 is 10.2. The highest BCUT2D eigenvalue weighted by atomic mass is 16.5. The van der Waals surface area contributed by atoms with Gasteiger partial charge < -0.3 is 24.5 Å². The van der Waals surface area contributed by atoms with Gasteiger partial charge in [-0.15, -0.1) is 0 Å². The predicted molar refractivity (Wildman–Crippen MR) is 64.8 cm³/mol. The van der Waals surface area contributed by atoms with Crippen molar-refractivity contribution in [1.29, 1.82) is 0 Å². The molecule has 104 valence electrons. The molecule has 1 unspecified atom stereocenters. The molecule has 7 nitrogen and oxygen atoms in total. The molecule has 19 heavy (non-hydrogen) atoms. The average molecular weight is 268 g/mol. The number of nitrogens with one attached hydrogen (secondary N) is 1. The highest BCUT2D eigenvalue weighted by molar-refractivity contribution is 5.77. The van der Waals surface area contributed by atoms with Crippen LogP contribution in [0.3, 0.4) is 0 Å². The van der Waals surface area contributed by atoms with Crippen LogP contribution in [0.5, 0.6) is 0 Å². The van der Waals surface area contributed by atoms with E-state index in [1.165, 1.54) is 4.90 Å². The first-order valence-electron chi connectivity index (χ1n) is 6.06.